The van der Waals surface area contributed by atoms with Gasteiger partial charge in [-0.2, -0.15) is 0 Å². The Hall–Kier alpha value is -1.75. The first-order valence-corrected chi connectivity index (χ1v) is 5.80. The summed E-state index contributed by atoms with van der Waals surface area (Å²) < 4.78 is 0.814. The van der Waals surface area contributed by atoms with E-state index in [2.05, 4.69) is 31.2 Å². The number of rotatable bonds is 2. The summed E-state index contributed by atoms with van der Waals surface area (Å²) in [5.74, 6) is 0.241. The van der Waals surface area contributed by atoms with Crippen molar-refractivity contribution >= 4 is 27.7 Å². The number of carbonyl (C=O) groups excluding carboxylic acids is 1. The van der Waals surface area contributed by atoms with Crippen LogP contribution in [0.1, 0.15) is 16.1 Å². The molecule has 0 unspecified atom stereocenters. The Labute approximate surface area is 107 Å². The monoisotopic (exact) mass is 291 g/mol. The van der Waals surface area contributed by atoms with Gasteiger partial charge in [0.15, 0.2) is 0 Å². The highest BCUT2D eigenvalue weighted by molar-refractivity contribution is 9.10. The fraction of sp³-hybridized carbons (Fsp3) is 0.0833. The van der Waals surface area contributed by atoms with Crippen molar-refractivity contribution in [2.75, 3.05) is 5.32 Å². The molecule has 1 N–H and O–H groups in total. The van der Waals surface area contributed by atoms with Crippen LogP contribution in [0.5, 0.6) is 0 Å². The van der Waals surface area contributed by atoms with Crippen LogP contribution in [0.3, 0.4) is 0 Å². The van der Waals surface area contributed by atoms with Crippen LogP contribution in [0.15, 0.2) is 41.1 Å². The quantitative estimate of drug-likeness (QED) is 0.926. The molecule has 2 aromatic rings. The van der Waals surface area contributed by atoms with Crippen LogP contribution < -0.4 is 5.32 Å². The van der Waals surface area contributed by atoms with E-state index in [9.17, 15) is 4.79 Å². The molecule has 17 heavy (non-hydrogen) atoms. The summed E-state index contributed by atoms with van der Waals surface area (Å²) in [6.07, 6.45) is 3.27. The van der Waals surface area contributed by atoms with Gasteiger partial charge in [0.1, 0.15) is 11.5 Å². The molecule has 0 saturated heterocycles. The number of aromatic nitrogens is 2. The van der Waals surface area contributed by atoms with Gasteiger partial charge in [-0.1, -0.05) is 22.0 Å². The predicted octanol–water partition coefficient (Wildman–Crippen LogP) is 2.80. The third-order valence-corrected chi connectivity index (χ3v) is 2.60. The highest BCUT2D eigenvalue weighted by atomic mass is 79.9. The molecule has 0 fully saturated rings. The van der Waals surface area contributed by atoms with E-state index in [4.69, 9.17) is 0 Å². The van der Waals surface area contributed by atoms with Gasteiger partial charge >= 0.3 is 0 Å². The Morgan fingerprint density at radius 2 is 2.12 bits per heavy atom. The standard InChI is InChI=1S/C12H10BrN3O/c1-8-2-3-11(15-7-8)16-12(17)10-6-9(13)4-5-14-10/h2-7H,1H3,(H,15,16,17). The molecule has 4 nitrogen and oxygen atoms in total. The number of halogens is 1. The number of hydrogen-bond acceptors (Lipinski definition) is 3. The zero-order chi connectivity index (χ0) is 12.3. The largest absolute Gasteiger partial charge is 0.305 e. The van der Waals surface area contributed by atoms with Crippen molar-refractivity contribution < 1.29 is 4.79 Å². The van der Waals surface area contributed by atoms with E-state index < -0.39 is 0 Å². The average Bonchev–Trinajstić information content (AvgIpc) is 2.32. The van der Waals surface area contributed by atoms with Crippen molar-refractivity contribution in [3.63, 3.8) is 0 Å². The molecule has 2 rings (SSSR count). The van der Waals surface area contributed by atoms with Crippen LogP contribution in [0.4, 0.5) is 5.82 Å². The minimum atomic E-state index is -0.275. The lowest BCUT2D eigenvalue weighted by molar-refractivity contribution is 0.102. The summed E-state index contributed by atoms with van der Waals surface area (Å²) in [4.78, 5) is 19.9. The zero-order valence-corrected chi connectivity index (χ0v) is 10.7. The molecule has 86 valence electrons. The molecule has 0 saturated carbocycles. The Kier molecular flexibility index (Phi) is 3.49. The Balaban J connectivity index is 2.14. The molecule has 5 heteroatoms. The second-order valence-corrected chi connectivity index (χ2v) is 4.45. The van der Waals surface area contributed by atoms with Gasteiger partial charge in [0.25, 0.3) is 5.91 Å². The van der Waals surface area contributed by atoms with E-state index in [0.29, 0.717) is 11.5 Å². The normalized spacial score (nSPS) is 10.0. The van der Waals surface area contributed by atoms with Gasteiger partial charge in [-0.3, -0.25) is 9.78 Å². The van der Waals surface area contributed by atoms with Gasteiger partial charge in [0.2, 0.25) is 0 Å². The first-order chi connectivity index (χ1) is 8.15. The fourth-order valence-electron chi connectivity index (χ4n) is 1.25. The lowest BCUT2D eigenvalue weighted by atomic mass is 10.3. The van der Waals surface area contributed by atoms with Gasteiger partial charge in [-0.15, -0.1) is 0 Å². The first-order valence-electron chi connectivity index (χ1n) is 5.01. The van der Waals surface area contributed by atoms with Gasteiger partial charge < -0.3 is 5.32 Å². The van der Waals surface area contributed by atoms with Crippen LogP contribution >= 0.6 is 15.9 Å². The van der Waals surface area contributed by atoms with Gasteiger partial charge in [0, 0.05) is 16.9 Å². The predicted molar refractivity (Wildman–Crippen MR) is 68.9 cm³/mol. The number of pyridine rings is 2. The maximum atomic E-state index is 11.8. The SMILES string of the molecule is Cc1ccc(NC(=O)c2cc(Br)ccn2)nc1. The van der Waals surface area contributed by atoms with E-state index in [1.807, 2.05) is 13.0 Å². The molecule has 1 amide bonds. The maximum absolute atomic E-state index is 11.8. The minimum absolute atomic E-state index is 0.275. The van der Waals surface area contributed by atoms with E-state index in [-0.39, 0.29) is 5.91 Å². The van der Waals surface area contributed by atoms with Crippen LogP contribution in [0.25, 0.3) is 0 Å². The fourth-order valence-corrected chi connectivity index (χ4v) is 1.59. The van der Waals surface area contributed by atoms with Crippen molar-refractivity contribution in [2.45, 2.75) is 6.92 Å². The molecule has 0 radical (unpaired) electrons. The molecular formula is C12H10BrN3O. The second-order valence-electron chi connectivity index (χ2n) is 3.53. The van der Waals surface area contributed by atoms with Crippen molar-refractivity contribution in [3.8, 4) is 0 Å². The van der Waals surface area contributed by atoms with E-state index in [0.717, 1.165) is 10.0 Å². The smallest absolute Gasteiger partial charge is 0.275 e. The molecule has 0 aromatic carbocycles. The zero-order valence-electron chi connectivity index (χ0n) is 9.14. The summed E-state index contributed by atoms with van der Waals surface area (Å²) in [5, 5.41) is 2.68. The Bertz CT molecular complexity index is 540. The van der Waals surface area contributed by atoms with Gasteiger partial charge in [-0.25, -0.2) is 4.98 Å². The number of nitrogens with zero attached hydrogens (tertiary/aromatic N) is 2. The van der Waals surface area contributed by atoms with E-state index >= 15 is 0 Å². The van der Waals surface area contributed by atoms with Crippen LogP contribution in [0.2, 0.25) is 0 Å². The third kappa shape index (κ3) is 3.10. The second kappa shape index (κ2) is 5.05. The summed E-state index contributed by atoms with van der Waals surface area (Å²) >= 11 is 3.29. The molecule has 2 aromatic heterocycles. The molecule has 0 aliphatic rings. The molecule has 2 heterocycles. The number of aryl methyl sites for hydroxylation is 1. The topological polar surface area (TPSA) is 54.9 Å². The summed E-state index contributed by atoms with van der Waals surface area (Å²) in [6.45, 7) is 1.94. The number of amides is 1. The summed E-state index contributed by atoms with van der Waals surface area (Å²) in [7, 11) is 0. The van der Waals surface area contributed by atoms with Crippen LogP contribution in [0, 0.1) is 6.92 Å². The highest BCUT2D eigenvalue weighted by Crippen LogP contribution is 2.11. The Morgan fingerprint density at radius 3 is 2.76 bits per heavy atom. The summed E-state index contributed by atoms with van der Waals surface area (Å²) in [5.41, 5.74) is 1.39. The minimum Gasteiger partial charge on any atom is -0.305 e. The van der Waals surface area contributed by atoms with Crippen molar-refractivity contribution in [3.05, 3.63) is 52.4 Å². The number of anilines is 1. The lowest BCUT2D eigenvalue weighted by Gasteiger charge is -2.04. The highest BCUT2D eigenvalue weighted by Gasteiger charge is 2.08. The first kappa shape index (κ1) is 11.7. The van der Waals surface area contributed by atoms with Crippen molar-refractivity contribution in [2.24, 2.45) is 0 Å². The number of hydrogen-bond donors (Lipinski definition) is 1. The average molecular weight is 292 g/mol. The lowest BCUT2D eigenvalue weighted by Crippen LogP contribution is -2.14. The summed E-state index contributed by atoms with van der Waals surface area (Å²) in [6, 6.07) is 7.06. The molecular weight excluding hydrogens is 282 g/mol. The molecule has 0 aliphatic heterocycles. The molecule has 0 spiro atoms. The van der Waals surface area contributed by atoms with Crippen LogP contribution in [-0.4, -0.2) is 15.9 Å². The molecule has 0 aliphatic carbocycles. The maximum Gasteiger partial charge on any atom is 0.275 e. The molecule has 0 atom stereocenters. The van der Waals surface area contributed by atoms with E-state index in [1.54, 1.807) is 30.6 Å². The Morgan fingerprint density at radius 1 is 1.29 bits per heavy atom. The number of carbonyl (C=O) groups is 1. The third-order valence-electron chi connectivity index (χ3n) is 2.11. The van der Waals surface area contributed by atoms with E-state index in [1.165, 1.54) is 0 Å². The van der Waals surface area contributed by atoms with Gasteiger partial charge in [0.05, 0.1) is 0 Å². The van der Waals surface area contributed by atoms with Crippen molar-refractivity contribution in [1.82, 2.24) is 9.97 Å². The van der Waals surface area contributed by atoms with Gasteiger partial charge in [-0.05, 0) is 30.7 Å². The van der Waals surface area contributed by atoms with Crippen LogP contribution in [-0.2, 0) is 0 Å². The number of nitrogens with one attached hydrogen (secondary N) is 1. The van der Waals surface area contributed by atoms with Crippen molar-refractivity contribution in [1.29, 1.82) is 0 Å². The molecule has 0 bridgehead atoms.